The fourth-order valence-electron chi connectivity index (χ4n) is 2.25. The lowest BCUT2D eigenvalue weighted by Crippen LogP contribution is -2.54. The zero-order valence-electron chi connectivity index (χ0n) is 11.0. The monoisotopic (exact) mass is 284 g/mol. The second-order valence-electron chi connectivity index (χ2n) is 4.80. The molecule has 0 aromatic carbocycles. The number of hydrogen-bond donors (Lipinski definition) is 2. The van der Waals surface area contributed by atoms with Gasteiger partial charge in [-0.2, -0.15) is 13.2 Å². The van der Waals surface area contributed by atoms with Crippen LogP contribution in [0, 0.1) is 5.41 Å². The van der Waals surface area contributed by atoms with E-state index >= 15 is 0 Å². The highest BCUT2D eigenvalue weighted by Crippen LogP contribution is 2.44. The van der Waals surface area contributed by atoms with Crippen LogP contribution in [0.1, 0.15) is 6.42 Å². The summed E-state index contributed by atoms with van der Waals surface area (Å²) in [5.74, 6) is -1.01. The van der Waals surface area contributed by atoms with Gasteiger partial charge in [0.1, 0.15) is 0 Å². The van der Waals surface area contributed by atoms with Gasteiger partial charge in [0, 0.05) is 27.2 Å². The van der Waals surface area contributed by atoms with Gasteiger partial charge in [0.25, 0.3) is 0 Å². The summed E-state index contributed by atoms with van der Waals surface area (Å²) in [6.07, 6.45) is -5.88. The number of nitrogens with zero attached hydrogens (tertiary/aromatic N) is 1. The van der Waals surface area contributed by atoms with E-state index in [1.807, 2.05) is 0 Å². The molecule has 0 saturated carbocycles. The first-order valence-electron chi connectivity index (χ1n) is 5.94. The van der Waals surface area contributed by atoms with Crippen LogP contribution >= 0.6 is 0 Å². The quantitative estimate of drug-likeness (QED) is 0.746. The molecule has 0 aliphatic carbocycles. The molecule has 1 aliphatic rings. The van der Waals surface area contributed by atoms with Crippen molar-refractivity contribution in [3.63, 3.8) is 0 Å². The number of alkyl halides is 3. The van der Waals surface area contributed by atoms with E-state index in [1.165, 1.54) is 14.2 Å². The second kappa shape index (κ2) is 6.06. The third-order valence-electron chi connectivity index (χ3n) is 3.30. The summed E-state index contributed by atoms with van der Waals surface area (Å²) < 4.78 is 44.1. The number of halogens is 3. The predicted octanol–water partition coefficient (Wildman–Crippen LogP) is -0.00590. The number of carbonyl (C=O) groups is 1. The summed E-state index contributed by atoms with van der Waals surface area (Å²) in [4.78, 5) is 13.0. The minimum absolute atomic E-state index is 0.0328. The normalized spacial score (nSPS) is 25.4. The number of rotatable bonds is 5. The molecule has 1 amide bonds. The Labute approximate surface area is 109 Å². The summed E-state index contributed by atoms with van der Waals surface area (Å²) in [6.45, 7) is -0.487. The molecule has 0 aromatic rings. The van der Waals surface area contributed by atoms with Crippen LogP contribution in [0.25, 0.3) is 0 Å². The first-order valence-corrected chi connectivity index (χ1v) is 5.94. The maximum Gasteiger partial charge on any atom is 0.404 e. The molecule has 0 spiro atoms. The van der Waals surface area contributed by atoms with Crippen LogP contribution in [0.5, 0.6) is 0 Å². The van der Waals surface area contributed by atoms with Crippen LogP contribution in [-0.4, -0.2) is 68.6 Å². The van der Waals surface area contributed by atoms with Crippen molar-refractivity contribution in [3.8, 4) is 0 Å². The standard InChI is InChI=1S/C11H19F3N2O3/c1-16(5-8(17)6-19-2)9(18)10(11(12,13)14)3-4-15-7-10/h8,15,17H,3-7H2,1-2H3. The van der Waals surface area contributed by atoms with Gasteiger partial charge in [-0.15, -0.1) is 0 Å². The maximum atomic E-state index is 13.1. The van der Waals surface area contributed by atoms with Gasteiger partial charge in [-0.05, 0) is 13.0 Å². The van der Waals surface area contributed by atoms with Crippen molar-refractivity contribution >= 4 is 5.91 Å². The number of hydrogen-bond acceptors (Lipinski definition) is 4. The van der Waals surface area contributed by atoms with Gasteiger partial charge in [0.2, 0.25) is 5.91 Å². The molecule has 1 aliphatic heterocycles. The molecule has 1 heterocycles. The van der Waals surface area contributed by atoms with Crippen molar-refractivity contribution < 1.29 is 27.8 Å². The summed E-state index contributed by atoms with van der Waals surface area (Å²) in [6, 6.07) is 0. The lowest BCUT2D eigenvalue weighted by molar-refractivity contribution is -0.221. The molecule has 8 heteroatoms. The molecule has 1 fully saturated rings. The summed E-state index contributed by atoms with van der Waals surface area (Å²) in [5.41, 5.74) is -2.38. The summed E-state index contributed by atoms with van der Waals surface area (Å²) in [7, 11) is 2.62. The van der Waals surface area contributed by atoms with Crippen LogP contribution in [0.4, 0.5) is 13.2 Å². The molecule has 0 bridgehead atoms. The lowest BCUT2D eigenvalue weighted by atomic mass is 9.84. The van der Waals surface area contributed by atoms with Gasteiger partial charge in [-0.1, -0.05) is 0 Å². The Bertz CT molecular complexity index is 317. The van der Waals surface area contributed by atoms with Crippen LogP contribution in [0.15, 0.2) is 0 Å². The van der Waals surface area contributed by atoms with E-state index in [0.29, 0.717) is 0 Å². The molecular formula is C11H19F3N2O3. The van der Waals surface area contributed by atoms with Crippen LogP contribution in [-0.2, 0) is 9.53 Å². The van der Waals surface area contributed by atoms with Gasteiger partial charge in [0.15, 0.2) is 5.41 Å². The van der Waals surface area contributed by atoms with Crippen molar-refractivity contribution in [3.05, 3.63) is 0 Å². The van der Waals surface area contributed by atoms with Gasteiger partial charge in [-0.3, -0.25) is 4.79 Å². The smallest absolute Gasteiger partial charge is 0.389 e. The fraction of sp³-hybridized carbons (Fsp3) is 0.909. The number of aliphatic hydroxyl groups excluding tert-OH is 1. The lowest BCUT2D eigenvalue weighted by Gasteiger charge is -2.34. The van der Waals surface area contributed by atoms with Gasteiger partial charge >= 0.3 is 6.18 Å². The number of likely N-dealkylation sites (N-methyl/N-ethyl adjacent to an activating group) is 1. The molecule has 1 rings (SSSR count). The van der Waals surface area contributed by atoms with Crippen LogP contribution < -0.4 is 5.32 Å². The summed E-state index contributed by atoms with van der Waals surface area (Å²) >= 11 is 0. The Hall–Kier alpha value is -0.860. The SMILES string of the molecule is COCC(O)CN(C)C(=O)C1(C(F)(F)F)CCNC1. The molecule has 2 unspecified atom stereocenters. The van der Waals surface area contributed by atoms with Crippen molar-refractivity contribution in [1.29, 1.82) is 0 Å². The number of methoxy groups -OCH3 is 1. The second-order valence-corrected chi connectivity index (χ2v) is 4.80. The number of carbonyl (C=O) groups excluding carboxylic acids is 1. The average molecular weight is 284 g/mol. The number of nitrogens with one attached hydrogen (secondary N) is 1. The van der Waals surface area contributed by atoms with Gasteiger partial charge in [-0.25, -0.2) is 0 Å². The van der Waals surface area contributed by atoms with E-state index in [-0.39, 0.29) is 26.1 Å². The van der Waals surface area contributed by atoms with Gasteiger partial charge in [0.05, 0.1) is 12.7 Å². The highest BCUT2D eigenvalue weighted by atomic mass is 19.4. The highest BCUT2D eigenvalue weighted by molar-refractivity contribution is 5.84. The minimum Gasteiger partial charge on any atom is -0.389 e. The Morgan fingerprint density at radius 2 is 2.21 bits per heavy atom. The first-order chi connectivity index (χ1) is 8.74. The van der Waals surface area contributed by atoms with Crippen molar-refractivity contribution in [2.45, 2.75) is 18.7 Å². The average Bonchev–Trinajstić information content (AvgIpc) is 2.77. The molecule has 19 heavy (non-hydrogen) atoms. The molecule has 112 valence electrons. The third-order valence-corrected chi connectivity index (χ3v) is 3.30. The molecular weight excluding hydrogens is 265 g/mol. The Balaban J connectivity index is 2.78. The zero-order valence-corrected chi connectivity index (χ0v) is 11.0. The van der Waals surface area contributed by atoms with Gasteiger partial charge < -0.3 is 20.1 Å². The highest BCUT2D eigenvalue weighted by Gasteiger charge is 2.62. The Morgan fingerprint density at radius 1 is 1.58 bits per heavy atom. The van der Waals surface area contributed by atoms with Crippen molar-refractivity contribution in [2.75, 3.05) is 40.4 Å². The number of amides is 1. The molecule has 5 nitrogen and oxygen atoms in total. The molecule has 2 atom stereocenters. The van der Waals surface area contributed by atoms with E-state index in [1.54, 1.807) is 0 Å². The van der Waals surface area contributed by atoms with E-state index < -0.39 is 30.1 Å². The minimum atomic E-state index is -4.60. The molecule has 2 N–H and O–H groups in total. The van der Waals surface area contributed by atoms with Crippen LogP contribution in [0.2, 0.25) is 0 Å². The van der Waals surface area contributed by atoms with E-state index in [0.717, 1.165) is 4.90 Å². The van der Waals surface area contributed by atoms with E-state index in [2.05, 4.69) is 10.1 Å². The first kappa shape index (κ1) is 16.2. The fourth-order valence-corrected chi connectivity index (χ4v) is 2.25. The summed E-state index contributed by atoms with van der Waals surface area (Å²) in [5, 5.41) is 12.1. The van der Waals surface area contributed by atoms with Crippen molar-refractivity contribution in [2.24, 2.45) is 5.41 Å². The predicted molar refractivity (Wildman–Crippen MR) is 61.5 cm³/mol. The topological polar surface area (TPSA) is 61.8 Å². The maximum absolute atomic E-state index is 13.1. The van der Waals surface area contributed by atoms with E-state index in [9.17, 15) is 23.1 Å². The molecule has 1 saturated heterocycles. The van der Waals surface area contributed by atoms with E-state index in [4.69, 9.17) is 0 Å². The van der Waals surface area contributed by atoms with Crippen LogP contribution in [0.3, 0.4) is 0 Å². The number of ether oxygens (including phenoxy) is 1. The largest absolute Gasteiger partial charge is 0.404 e. The zero-order chi connectivity index (χ0) is 14.7. The molecule has 0 radical (unpaired) electrons. The Morgan fingerprint density at radius 3 is 2.63 bits per heavy atom. The molecule has 0 aromatic heterocycles. The van der Waals surface area contributed by atoms with Crippen molar-refractivity contribution in [1.82, 2.24) is 10.2 Å². The Kier molecular flexibility index (Phi) is 5.17. The third kappa shape index (κ3) is 3.37. The number of aliphatic hydroxyl groups is 1.